The van der Waals surface area contributed by atoms with E-state index in [0.29, 0.717) is 17.4 Å². The van der Waals surface area contributed by atoms with Crippen LogP contribution in [0.15, 0.2) is 24.3 Å². The summed E-state index contributed by atoms with van der Waals surface area (Å²) in [6.07, 6.45) is 4.73. The van der Waals surface area contributed by atoms with E-state index in [0.717, 1.165) is 6.42 Å². The van der Waals surface area contributed by atoms with Gasteiger partial charge in [-0.05, 0) is 30.9 Å². The van der Waals surface area contributed by atoms with E-state index in [9.17, 15) is 4.79 Å². The van der Waals surface area contributed by atoms with Gasteiger partial charge in [0, 0.05) is 6.04 Å². The number of para-hydroxylation sites is 2. The van der Waals surface area contributed by atoms with Crippen molar-refractivity contribution in [2.45, 2.75) is 38.6 Å². The summed E-state index contributed by atoms with van der Waals surface area (Å²) in [5.74, 6) is 1.74. The Morgan fingerprint density at radius 2 is 1.95 bits per heavy atom. The van der Waals surface area contributed by atoms with Crippen molar-refractivity contribution < 1.29 is 14.3 Å². The quantitative estimate of drug-likeness (QED) is 0.900. The van der Waals surface area contributed by atoms with Crippen LogP contribution in [0.25, 0.3) is 0 Å². The van der Waals surface area contributed by atoms with E-state index in [4.69, 9.17) is 9.47 Å². The third-order valence-corrected chi connectivity index (χ3v) is 3.89. The highest BCUT2D eigenvalue weighted by atomic mass is 16.5. The number of benzene rings is 1. The fourth-order valence-corrected chi connectivity index (χ4v) is 2.66. The van der Waals surface area contributed by atoms with E-state index >= 15 is 0 Å². The molecule has 1 aliphatic rings. The van der Waals surface area contributed by atoms with Crippen LogP contribution in [0.1, 0.15) is 32.6 Å². The molecule has 0 unspecified atom stereocenters. The molecule has 1 aliphatic carbocycles. The van der Waals surface area contributed by atoms with E-state index in [2.05, 4.69) is 12.2 Å². The van der Waals surface area contributed by atoms with Crippen molar-refractivity contribution in [2.24, 2.45) is 5.92 Å². The molecule has 4 heteroatoms. The molecule has 0 aromatic heterocycles. The first-order chi connectivity index (χ1) is 9.70. The minimum Gasteiger partial charge on any atom is -0.493 e. The highest BCUT2D eigenvalue weighted by molar-refractivity contribution is 5.78. The number of carbonyl (C=O) groups excluding carboxylic acids is 1. The van der Waals surface area contributed by atoms with Gasteiger partial charge in [0.2, 0.25) is 0 Å². The van der Waals surface area contributed by atoms with E-state index in [-0.39, 0.29) is 18.6 Å². The summed E-state index contributed by atoms with van der Waals surface area (Å²) in [4.78, 5) is 12.0. The van der Waals surface area contributed by atoms with Gasteiger partial charge in [0.1, 0.15) is 0 Å². The predicted molar refractivity (Wildman–Crippen MR) is 78.1 cm³/mol. The number of amides is 1. The molecule has 110 valence electrons. The Kier molecular flexibility index (Phi) is 5.27. The third kappa shape index (κ3) is 3.89. The van der Waals surface area contributed by atoms with Crippen LogP contribution >= 0.6 is 0 Å². The van der Waals surface area contributed by atoms with Gasteiger partial charge in [-0.1, -0.05) is 31.9 Å². The zero-order valence-electron chi connectivity index (χ0n) is 12.2. The van der Waals surface area contributed by atoms with Crippen LogP contribution in [0.2, 0.25) is 0 Å². The molecule has 1 aromatic rings. The zero-order valence-corrected chi connectivity index (χ0v) is 12.2. The van der Waals surface area contributed by atoms with E-state index in [1.54, 1.807) is 13.2 Å². The minimum absolute atomic E-state index is 0.0313. The Morgan fingerprint density at radius 1 is 1.25 bits per heavy atom. The first-order valence-electron chi connectivity index (χ1n) is 7.26. The van der Waals surface area contributed by atoms with Crippen LogP contribution < -0.4 is 14.8 Å². The highest BCUT2D eigenvalue weighted by Gasteiger charge is 2.22. The van der Waals surface area contributed by atoms with Gasteiger partial charge in [-0.25, -0.2) is 0 Å². The number of nitrogens with one attached hydrogen (secondary N) is 1. The molecule has 4 nitrogen and oxygen atoms in total. The molecule has 2 atom stereocenters. The summed E-state index contributed by atoms with van der Waals surface area (Å²) in [5, 5.41) is 3.07. The zero-order chi connectivity index (χ0) is 14.4. The largest absolute Gasteiger partial charge is 0.493 e. The summed E-state index contributed by atoms with van der Waals surface area (Å²) < 4.78 is 10.7. The normalized spacial score (nSPS) is 22.1. The maximum absolute atomic E-state index is 12.0. The lowest BCUT2D eigenvalue weighted by molar-refractivity contribution is -0.124. The Balaban J connectivity index is 1.82. The minimum atomic E-state index is -0.0605. The Hall–Kier alpha value is -1.71. The number of methoxy groups -OCH3 is 1. The Morgan fingerprint density at radius 3 is 2.65 bits per heavy atom. The standard InChI is InChI=1S/C16H23NO3/c1-12-7-3-4-8-13(12)17-16(18)11-20-15-10-6-5-9-14(15)19-2/h5-6,9-10,12-13H,3-4,7-8,11H2,1-2H3,(H,17,18)/t12-,13+/m1/s1. The summed E-state index contributed by atoms with van der Waals surface area (Å²) in [6.45, 7) is 2.23. The second-order valence-corrected chi connectivity index (χ2v) is 5.38. The molecule has 1 N–H and O–H groups in total. The molecule has 20 heavy (non-hydrogen) atoms. The summed E-state index contributed by atoms with van der Waals surface area (Å²) in [5.41, 5.74) is 0. The van der Waals surface area contributed by atoms with E-state index in [1.165, 1.54) is 19.3 Å². The summed E-state index contributed by atoms with van der Waals surface area (Å²) in [6, 6.07) is 7.64. The molecular formula is C16H23NO3. The van der Waals surface area contributed by atoms with E-state index < -0.39 is 0 Å². The average Bonchev–Trinajstić information content (AvgIpc) is 2.48. The summed E-state index contributed by atoms with van der Waals surface area (Å²) in [7, 11) is 1.59. The molecule has 1 amide bonds. The number of hydrogen-bond acceptors (Lipinski definition) is 3. The van der Waals surface area contributed by atoms with Crippen molar-refractivity contribution in [3.05, 3.63) is 24.3 Å². The van der Waals surface area contributed by atoms with Gasteiger partial charge < -0.3 is 14.8 Å². The average molecular weight is 277 g/mol. The number of hydrogen-bond donors (Lipinski definition) is 1. The fourth-order valence-electron chi connectivity index (χ4n) is 2.66. The second kappa shape index (κ2) is 7.17. The van der Waals surface area contributed by atoms with Crippen molar-refractivity contribution in [3.63, 3.8) is 0 Å². The molecular weight excluding hydrogens is 254 g/mol. The number of rotatable bonds is 5. The van der Waals surface area contributed by atoms with Crippen LogP contribution in [-0.2, 0) is 4.79 Å². The van der Waals surface area contributed by atoms with Gasteiger partial charge in [-0.15, -0.1) is 0 Å². The van der Waals surface area contributed by atoms with Crippen molar-refractivity contribution in [1.29, 1.82) is 0 Å². The molecule has 0 heterocycles. The molecule has 2 rings (SSSR count). The molecule has 1 fully saturated rings. The lowest BCUT2D eigenvalue weighted by Gasteiger charge is -2.29. The van der Waals surface area contributed by atoms with Gasteiger partial charge in [0.15, 0.2) is 18.1 Å². The fraction of sp³-hybridized carbons (Fsp3) is 0.562. The van der Waals surface area contributed by atoms with Crippen LogP contribution in [0.5, 0.6) is 11.5 Å². The predicted octanol–water partition coefficient (Wildman–Crippen LogP) is 2.77. The second-order valence-electron chi connectivity index (χ2n) is 5.38. The van der Waals surface area contributed by atoms with Crippen LogP contribution in [0, 0.1) is 5.92 Å². The smallest absolute Gasteiger partial charge is 0.258 e. The topological polar surface area (TPSA) is 47.6 Å². The van der Waals surface area contributed by atoms with Crippen molar-refractivity contribution in [3.8, 4) is 11.5 Å². The highest BCUT2D eigenvalue weighted by Crippen LogP contribution is 2.26. The van der Waals surface area contributed by atoms with Crippen LogP contribution in [0.3, 0.4) is 0 Å². The summed E-state index contributed by atoms with van der Waals surface area (Å²) >= 11 is 0. The van der Waals surface area contributed by atoms with Gasteiger partial charge in [0.05, 0.1) is 7.11 Å². The van der Waals surface area contributed by atoms with Crippen molar-refractivity contribution in [1.82, 2.24) is 5.32 Å². The molecule has 1 aromatic carbocycles. The molecule has 0 spiro atoms. The maximum atomic E-state index is 12.0. The third-order valence-electron chi connectivity index (χ3n) is 3.89. The molecule has 1 saturated carbocycles. The Labute approximate surface area is 120 Å². The van der Waals surface area contributed by atoms with Gasteiger partial charge in [-0.3, -0.25) is 4.79 Å². The van der Waals surface area contributed by atoms with Crippen LogP contribution in [-0.4, -0.2) is 25.7 Å². The first kappa shape index (κ1) is 14.7. The molecule has 0 aliphatic heterocycles. The van der Waals surface area contributed by atoms with Crippen molar-refractivity contribution >= 4 is 5.91 Å². The molecule has 0 saturated heterocycles. The maximum Gasteiger partial charge on any atom is 0.258 e. The molecule has 0 radical (unpaired) electrons. The lowest BCUT2D eigenvalue weighted by atomic mass is 9.86. The number of ether oxygens (including phenoxy) is 2. The monoisotopic (exact) mass is 277 g/mol. The Bertz CT molecular complexity index is 447. The number of carbonyl (C=O) groups is 1. The molecule has 0 bridgehead atoms. The van der Waals surface area contributed by atoms with Crippen molar-refractivity contribution in [2.75, 3.05) is 13.7 Å². The van der Waals surface area contributed by atoms with E-state index in [1.807, 2.05) is 18.2 Å². The van der Waals surface area contributed by atoms with Gasteiger partial charge in [-0.2, -0.15) is 0 Å². The van der Waals surface area contributed by atoms with Gasteiger partial charge >= 0.3 is 0 Å². The first-order valence-corrected chi connectivity index (χ1v) is 7.26. The van der Waals surface area contributed by atoms with Gasteiger partial charge in [0.25, 0.3) is 5.91 Å². The van der Waals surface area contributed by atoms with Crippen LogP contribution in [0.4, 0.5) is 0 Å². The lowest BCUT2D eigenvalue weighted by Crippen LogP contribution is -2.43. The SMILES string of the molecule is COc1ccccc1OCC(=O)N[C@H]1CCCC[C@H]1C.